The van der Waals surface area contributed by atoms with Crippen LogP contribution < -0.4 is 5.73 Å². The van der Waals surface area contributed by atoms with Gasteiger partial charge in [0.1, 0.15) is 0 Å². The van der Waals surface area contributed by atoms with Crippen LogP contribution in [-0.4, -0.2) is 30.2 Å². The van der Waals surface area contributed by atoms with Crippen molar-refractivity contribution in [3.63, 3.8) is 0 Å². The third kappa shape index (κ3) is 2.40. The van der Waals surface area contributed by atoms with Crippen LogP contribution in [0.5, 0.6) is 0 Å². The van der Waals surface area contributed by atoms with Crippen LogP contribution >= 0.6 is 11.3 Å². The standard InChI is InChI=1S/C17H22N2OS/c18-10-17-13(12-4-1-2-7-16(12)21-17)11-19-8-9-20-15-6-3-5-14(15)19/h1-2,4,7,14-15H,3,5-6,8-11,18H2. The van der Waals surface area contributed by atoms with E-state index < -0.39 is 0 Å². The van der Waals surface area contributed by atoms with Crippen LogP contribution in [-0.2, 0) is 17.8 Å². The van der Waals surface area contributed by atoms with E-state index in [-0.39, 0.29) is 0 Å². The smallest absolute Gasteiger partial charge is 0.0731 e. The molecule has 2 N–H and O–H groups in total. The molecule has 2 fully saturated rings. The van der Waals surface area contributed by atoms with E-state index in [1.807, 2.05) is 11.3 Å². The van der Waals surface area contributed by atoms with E-state index in [2.05, 4.69) is 29.2 Å². The van der Waals surface area contributed by atoms with Crippen molar-refractivity contribution < 1.29 is 4.74 Å². The zero-order valence-electron chi connectivity index (χ0n) is 12.3. The van der Waals surface area contributed by atoms with Crippen molar-refractivity contribution in [2.75, 3.05) is 13.2 Å². The highest BCUT2D eigenvalue weighted by molar-refractivity contribution is 7.19. The molecule has 1 aliphatic heterocycles. The number of nitrogens with zero attached hydrogens (tertiary/aromatic N) is 1. The second-order valence-electron chi connectivity index (χ2n) is 6.08. The second kappa shape index (κ2) is 5.69. The van der Waals surface area contributed by atoms with Gasteiger partial charge in [-0.15, -0.1) is 11.3 Å². The lowest BCUT2D eigenvalue weighted by Crippen LogP contribution is -2.47. The van der Waals surface area contributed by atoms with E-state index in [0.717, 1.165) is 19.7 Å². The van der Waals surface area contributed by atoms with Crippen molar-refractivity contribution in [2.24, 2.45) is 5.73 Å². The molecule has 1 aromatic heterocycles. The Morgan fingerprint density at radius 2 is 2.19 bits per heavy atom. The molecule has 112 valence electrons. The highest BCUT2D eigenvalue weighted by atomic mass is 32.1. The predicted octanol–water partition coefficient (Wildman–Crippen LogP) is 3.11. The number of ether oxygens (including phenoxy) is 1. The van der Waals surface area contributed by atoms with Gasteiger partial charge in [0.15, 0.2) is 0 Å². The maximum Gasteiger partial charge on any atom is 0.0731 e. The summed E-state index contributed by atoms with van der Waals surface area (Å²) < 4.78 is 7.30. The van der Waals surface area contributed by atoms with Gasteiger partial charge in [-0.3, -0.25) is 4.90 Å². The molecular weight excluding hydrogens is 280 g/mol. The van der Waals surface area contributed by atoms with Crippen molar-refractivity contribution in [3.05, 3.63) is 34.7 Å². The number of nitrogens with two attached hydrogens (primary N) is 1. The van der Waals surface area contributed by atoms with Gasteiger partial charge in [0.25, 0.3) is 0 Å². The highest BCUT2D eigenvalue weighted by Gasteiger charge is 2.36. The van der Waals surface area contributed by atoms with E-state index in [1.54, 1.807) is 0 Å². The minimum absolute atomic E-state index is 0.463. The quantitative estimate of drug-likeness (QED) is 0.947. The average molecular weight is 302 g/mol. The van der Waals surface area contributed by atoms with E-state index in [9.17, 15) is 0 Å². The van der Waals surface area contributed by atoms with Crippen LogP contribution in [0.3, 0.4) is 0 Å². The number of benzene rings is 1. The third-order valence-corrected chi connectivity index (χ3v) is 6.16. The summed E-state index contributed by atoms with van der Waals surface area (Å²) in [5.74, 6) is 0. The van der Waals surface area contributed by atoms with Crippen LogP contribution in [0.25, 0.3) is 10.1 Å². The molecule has 3 nitrogen and oxygen atoms in total. The third-order valence-electron chi connectivity index (χ3n) is 4.93. The summed E-state index contributed by atoms with van der Waals surface area (Å²) in [5, 5.41) is 1.39. The first-order valence-electron chi connectivity index (χ1n) is 7.92. The Balaban J connectivity index is 1.67. The van der Waals surface area contributed by atoms with Gasteiger partial charge in [0, 0.05) is 35.3 Å². The number of hydrogen-bond donors (Lipinski definition) is 1. The van der Waals surface area contributed by atoms with Gasteiger partial charge in [-0.25, -0.2) is 0 Å². The Morgan fingerprint density at radius 1 is 1.29 bits per heavy atom. The van der Waals surface area contributed by atoms with Gasteiger partial charge >= 0.3 is 0 Å². The van der Waals surface area contributed by atoms with E-state index in [4.69, 9.17) is 10.5 Å². The largest absolute Gasteiger partial charge is 0.375 e. The Morgan fingerprint density at radius 3 is 3.10 bits per heavy atom. The molecule has 2 heterocycles. The first kappa shape index (κ1) is 13.7. The normalized spacial score (nSPS) is 26.3. The minimum Gasteiger partial charge on any atom is -0.375 e. The number of rotatable bonds is 3. The minimum atomic E-state index is 0.463. The molecule has 1 saturated heterocycles. The molecule has 1 saturated carbocycles. The molecule has 0 amide bonds. The van der Waals surface area contributed by atoms with Crippen molar-refractivity contribution in [2.45, 2.75) is 44.5 Å². The topological polar surface area (TPSA) is 38.5 Å². The molecule has 1 aromatic carbocycles. The fraction of sp³-hybridized carbons (Fsp3) is 0.529. The van der Waals surface area contributed by atoms with Crippen molar-refractivity contribution in [3.8, 4) is 0 Å². The first-order valence-corrected chi connectivity index (χ1v) is 8.73. The Labute approximate surface area is 129 Å². The summed E-state index contributed by atoms with van der Waals surface area (Å²) in [6.07, 6.45) is 4.28. The van der Waals surface area contributed by atoms with Crippen molar-refractivity contribution in [1.82, 2.24) is 4.90 Å². The zero-order chi connectivity index (χ0) is 14.2. The lowest BCUT2D eigenvalue weighted by Gasteiger charge is -2.37. The van der Waals surface area contributed by atoms with E-state index in [1.165, 1.54) is 39.8 Å². The van der Waals surface area contributed by atoms with Crippen LogP contribution in [0.4, 0.5) is 0 Å². The maximum atomic E-state index is 5.99. The Kier molecular flexibility index (Phi) is 3.71. The fourth-order valence-corrected chi connectivity index (χ4v) is 4.99. The molecule has 4 heteroatoms. The average Bonchev–Trinajstić information content (AvgIpc) is 3.12. The molecule has 0 bridgehead atoms. The van der Waals surface area contributed by atoms with Crippen LogP contribution in [0.1, 0.15) is 29.7 Å². The summed E-state index contributed by atoms with van der Waals surface area (Å²) in [7, 11) is 0. The molecular formula is C17H22N2OS. The number of thiophene rings is 1. The molecule has 4 rings (SSSR count). The fourth-order valence-electron chi connectivity index (χ4n) is 3.89. The van der Waals surface area contributed by atoms with E-state index in [0.29, 0.717) is 18.7 Å². The molecule has 1 aliphatic carbocycles. The number of morpholine rings is 1. The molecule has 2 atom stereocenters. The molecule has 2 aliphatic rings. The monoisotopic (exact) mass is 302 g/mol. The molecule has 0 radical (unpaired) electrons. The summed E-state index contributed by atoms with van der Waals surface area (Å²) in [6.45, 7) is 3.60. The van der Waals surface area contributed by atoms with Crippen LogP contribution in [0.15, 0.2) is 24.3 Å². The lowest BCUT2D eigenvalue weighted by molar-refractivity contribution is -0.0587. The Bertz CT molecular complexity index is 639. The van der Waals surface area contributed by atoms with Crippen molar-refractivity contribution >= 4 is 21.4 Å². The first-order chi connectivity index (χ1) is 10.4. The summed E-state index contributed by atoms with van der Waals surface area (Å²) in [4.78, 5) is 3.98. The molecule has 2 unspecified atom stereocenters. The van der Waals surface area contributed by atoms with Crippen LogP contribution in [0.2, 0.25) is 0 Å². The maximum absolute atomic E-state index is 5.99. The van der Waals surface area contributed by atoms with Gasteiger partial charge in [-0.1, -0.05) is 18.2 Å². The van der Waals surface area contributed by atoms with E-state index >= 15 is 0 Å². The lowest BCUT2D eigenvalue weighted by atomic mass is 10.1. The Hall–Kier alpha value is -0.940. The molecule has 2 aromatic rings. The second-order valence-corrected chi connectivity index (χ2v) is 7.22. The number of hydrogen-bond acceptors (Lipinski definition) is 4. The van der Waals surface area contributed by atoms with Gasteiger partial charge in [0.2, 0.25) is 0 Å². The molecule has 21 heavy (non-hydrogen) atoms. The molecule has 0 spiro atoms. The van der Waals surface area contributed by atoms with Gasteiger partial charge in [0.05, 0.1) is 12.7 Å². The zero-order valence-corrected chi connectivity index (χ0v) is 13.1. The van der Waals surface area contributed by atoms with Gasteiger partial charge < -0.3 is 10.5 Å². The van der Waals surface area contributed by atoms with Crippen molar-refractivity contribution in [1.29, 1.82) is 0 Å². The van der Waals surface area contributed by atoms with Crippen LogP contribution in [0, 0.1) is 0 Å². The van der Waals surface area contributed by atoms with Gasteiger partial charge in [-0.2, -0.15) is 0 Å². The SMILES string of the molecule is NCc1sc2ccccc2c1CN1CCOC2CCCC21. The summed E-state index contributed by atoms with van der Waals surface area (Å²) >= 11 is 1.85. The summed E-state index contributed by atoms with van der Waals surface area (Å²) in [6, 6.07) is 9.32. The summed E-state index contributed by atoms with van der Waals surface area (Å²) in [5.41, 5.74) is 7.44. The highest BCUT2D eigenvalue weighted by Crippen LogP contribution is 2.35. The van der Waals surface area contributed by atoms with Gasteiger partial charge in [-0.05, 0) is 36.3 Å². The predicted molar refractivity (Wildman–Crippen MR) is 87.5 cm³/mol. The number of fused-ring (bicyclic) bond motifs is 2.